The van der Waals surface area contributed by atoms with Crippen molar-refractivity contribution in [3.05, 3.63) is 29.3 Å². The van der Waals surface area contributed by atoms with Gasteiger partial charge in [0.25, 0.3) is 0 Å². The lowest BCUT2D eigenvalue weighted by Crippen LogP contribution is -2.12. The van der Waals surface area contributed by atoms with Crippen LogP contribution in [0.25, 0.3) is 0 Å². The number of hydrogen-bond acceptors (Lipinski definition) is 5. The van der Waals surface area contributed by atoms with Gasteiger partial charge in [0.05, 0.1) is 39.6 Å². The minimum Gasteiger partial charge on any atom is -0.491 e. The second-order valence-electron chi connectivity index (χ2n) is 6.47. The Hall–Kier alpha value is -1.14. The average Bonchev–Trinajstić information content (AvgIpc) is 2.66. The standard InChI is InChI=1S/C20H32O5/c21-9-12-23-11-8-19-16-18(17-4-2-1-3-5-17)6-7-20(19)25-15-14-24-13-10-22/h6-7,16-17,21-22H,1-5,8-15H2. The third kappa shape index (κ3) is 7.32. The van der Waals surface area contributed by atoms with Crippen molar-refractivity contribution in [3.63, 3.8) is 0 Å². The molecule has 5 nitrogen and oxygen atoms in total. The number of aliphatic hydroxyl groups is 2. The third-order valence-corrected chi connectivity index (χ3v) is 4.63. The Balaban J connectivity index is 1.96. The summed E-state index contributed by atoms with van der Waals surface area (Å²) in [4.78, 5) is 0. The van der Waals surface area contributed by atoms with E-state index >= 15 is 0 Å². The first-order valence-corrected chi connectivity index (χ1v) is 9.48. The highest BCUT2D eigenvalue weighted by atomic mass is 16.5. The first kappa shape index (κ1) is 20.2. The van der Waals surface area contributed by atoms with E-state index in [-0.39, 0.29) is 13.2 Å². The van der Waals surface area contributed by atoms with Gasteiger partial charge in [0.15, 0.2) is 0 Å². The Labute approximate surface area is 150 Å². The summed E-state index contributed by atoms with van der Waals surface area (Å²) in [6.45, 7) is 2.29. The van der Waals surface area contributed by atoms with Crippen molar-refractivity contribution in [2.24, 2.45) is 0 Å². The van der Waals surface area contributed by atoms with E-state index < -0.39 is 0 Å². The molecule has 0 bridgehead atoms. The minimum absolute atomic E-state index is 0.0313. The zero-order valence-corrected chi connectivity index (χ0v) is 15.1. The van der Waals surface area contributed by atoms with Crippen LogP contribution in [-0.4, -0.2) is 56.5 Å². The lowest BCUT2D eigenvalue weighted by atomic mass is 9.83. The molecule has 142 valence electrons. The summed E-state index contributed by atoms with van der Waals surface area (Å²) in [5.74, 6) is 1.53. The molecule has 2 N–H and O–H groups in total. The van der Waals surface area contributed by atoms with Gasteiger partial charge in [0.1, 0.15) is 12.4 Å². The number of rotatable bonds is 12. The number of ether oxygens (including phenoxy) is 3. The molecule has 0 aromatic heterocycles. The van der Waals surface area contributed by atoms with Gasteiger partial charge in [0, 0.05) is 0 Å². The molecule has 0 unspecified atom stereocenters. The molecule has 0 radical (unpaired) electrons. The van der Waals surface area contributed by atoms with Crippen molar-refractivity contribution in [2.75, 3.05) is 46.2 Å². The molecule has 25 heavy (non-hydrogen) atoms. The first-order chi connectivity index (χ1) is 12.3. The van der Waals surface area contributed by atoms with Crippen LogP contribution in [0.5, 0.6) is 5.75 Å². The van der Waals surface area contributed by atoms with Gasteiger partial charge in [-0.05, 0) is 42.4 Å². The molecule has 1 fully saturated rings. The van der Waals surface area contributed by atoms with E-state index in [0.29, 0.717) is 39.0 Å². The largest absolute Gasteiger partial charge is 0.491 e. The topological polar surface area (TPSA) is 68.2 Å². The van der Waals surface area contributed by atoms with Crippen LogP contribution in [0, 0.1) is 0 Å². The van der Waals surface area contributed by atoms with Gasteiger partial charge >= 0.3 is 0 Å². The maximum absolute atomic E-state index is 8.84. The number of benzene rings is 1. The predicted molar refractivity (Wildman–Crippen MR) is 97.3 cm³/mol. The van der Waals surface area contributed by atoms with Crippen LogP contribution in [0.4, 0.5) is 0 Å². The second-order valence-corrected chi connectivity index (χ2v) is 6.47. The molecule has 1 aliphatic carbocycles. The summed E-state index contributed by atoms with van der Waals surface area (Å²) in [5.41, 5.74) is 2.56. The Morgan fingerprint density at radius 3 is 2.28 bits per heavy atom. The average molecular weight is 352 g/mol. The second kappa shape index (κ2) is 12.3. The molecule has 0 amide bonds. The summed E-state index contributed by atoms with van der Waals surface area (Å²) in [7, 11) is 0. The van der Waals surface area contributed by atoms with E-state index in [1.807, 2.05) is 0 Å². The van der Waals surface area contributed by atoms with E-state index in [9.17, 15) is 0 Å². The smallest absolute Gasteiger partial charge is 0.122 e. The zero-order valence-electron chi connectivity index (χ0n) is 15.1. The molecule has 1 aliphatic rings. The first-order valence-electron chi connectivity index (χ1n) is 9.48. The van der Waals surface area contributed by atoms with Gasteiger partial charge in [-0.2, -0.15) is 0 Å². The molecule has 1 saturated carbocycles. The summed E-state index contributed by atoms with van der Waals surface area (Å²) >= 11 is 0. The Morgan fingerprint density at radius 2 is 1.56 bits per heavy atom. The van der Waals surface area contributed by atoms with Crippen LogP contribution < -0.4 is 4.74 Å². The number of aliphatic hydroxyl groups excluding tert-OH is 2. The Kier molecular flexibility index (Phi) is 9.89. The van der Waals surface area contributed by atoms with E-state index in [0.717, 1.165) is 17.7 Å². The minimum atomic E-state index is 0.0313. The molecular weight excluding hydrogens is 320 g/mol. The molecular formula is C20H32O5. The maximum Gasteiger partial charge on any atom is 0.122 e. The van der Waals surface area contributed by atoms with Crippen LogP contribution >= 0.6 is 0 Å². The molecule has 0 aliphatic heterocycles. The van der Waals surface area contributed by atoms with E-state index in [4.69, 9.17) is 24.4 Å². The maximum atomic E-state index is 8.84. The molecule has 0 saturated heterocycles. The normalized spacial score (nSPS) is 15.4. The van der Waals surface area contributed by atoms with Crippen molar-refractivity contribution >= 4 is 0 Å². The summed E-state index contributed by atoms with van der Waals surface area (Å²) in [6.07, 6.45) is 7.31. The molecule has 0 atom stereocenters. The zero-order chi connectivity index (χ0) is 17.7. The summed E-state index contributed by atoms with van der Waals surface area (Å²) in [6, 6.07) is 6.53. The van der Waals surface area contributed by atoms with E-state index in [2.05, 4.69) is 18.2 Å². The molecule has 0 spiro atoms. The summed E-state index contributed by atoms with van der Waals surface area (Å²) < 4.78 is 16.5. The molecule has 1 aromatic rings. The third-order valence-electron chi connectivity index (χ3n) is 4.63. The SMILES string of the molecule is OCCOCCOc1ccc(C2CCCCC2)cc1CCOCCO. The number of hydrogen-bond donors (Lipinski definition) is 2. The fourth-order valence-corrected chi connectivity index (χ4v) is 3.35. The van der Waals surface area contributed by atoms with Crippen molar-refractivity contribution in [2.45, 2.75) is 44.4 Å². The highest BCUT2D eigenvalue weighted by Gasteiger charge is 2.17. The van der Waals surface area contributed by atoms with Crippen molar-refractivity contribution in [1.29, 1.82) is 0 Å². The van der Waals surface area contributed by atoms with Gasteiger partial charge in [-0.3, -0.25) is 0 Å². The molecule has 5 heteroatoms. The summed E-state index contributed by atoms with van der Waals surface area (Å²) in [5, 5.41) is 17.6. The highest BCUT2D eigenvalue weighted by Crippen LogP contribution is 2.34. The van der Waals surface area contributed by atoms with E-state index in [1.54, 1.807) is 0 Å². The van der Waals surface area contributed by atoms with Crippen LogP contribution in [0.15, 0.2) is 18.2 Å². The van der Waals surface area contributed by atoms with Crippen molar-refractivity contribution < 1.29 is 24.4 Å². The van der Waals surface area contributed by atoms with Crippen LogP contribution in [0.1, 0.15) is 49.1 Å². The van der Waals surface area contributed by atoms with Gasteiger partial charge in [-0.15, -0.1) is 0 Å². The Bertz CT molecular complexity index is 471. The van der Waals surface area contributed by atoms with Crippen LogP contribution in [0.2, 0.25) is 0 Å². The molecule has 2 rings (SSSR count). The van der Waals surface area contributed by atoms with Gasteiger partial charge < -0.3 is 24.4 Å². The van der Waals surface area contributed by atoms with Gasteiger partial charge in [0.2, 0.25) is 0 Å². The lowest BCUT2D eigenvalue weighted by molar-refractivity contribution is 0.0698. The van der Waals surface area contributed by atoms with Crippen molar-refractivity contribution in [1.82, 2.24) is 0 Å². The highest BCUT2D eigenvalue weighted by molar-refractivity contribution is 5.39. The predicted octanol–water partition coefficient (Wildman–Crippen LogP) is 2.67. The Morgan fingerprint density at radius 1 is 0.840 bits per heavy atom. The van der Waals surface area contributed by atoms with Gasteiger partial charge in [-0.25, -0.2) is 0 Å². The van der Waals surface area contributed by atoms with Crippen LogP contribution in [0.3, 0.4) is 0 Å². The fraction of sp³-hybridized carbons (Fsp3) is 0.700. The monoisotopic (exact) mass is 352 g/mol. The van der Waals surface area contributed by atoms with Crippen molar-refractivity contribution in [3.8, 4) is 5.75 Å². The lowest BCUT2D eigenvalue weighted by Gasteiger charge is -2.23. The van der Waals surface area contributed by atoms with Gasteiger partial charge in [-0.1, -0.05) is 31.4 Å². The quantitative estimate of drug-likeness (QED) is 0.566. The van der Waals surface area contributed by atoms with Crippen LogP contribution in [-0.2, 0) is 15.9 Å². The molecule has 1 aromatic carbocycles. The molecule has 0 heterocycles. The fourth-order valence-electron chi connectivity index (χ4n) is 3.35. The van der Waals surface area contributed by atoms with E-state index in [1.165, 1.54) is 37.7 Å².